The predicted molar refractivity (Wildman–Crippen MR) is 69.2 cm³/mol. The summed E-state index contributed by atoms with van der Waals surface area (Å²) in [7, 11) is 1.87. The SMILES string of the molecule is Cn1cnnc1CCNC(=O)c1ccc(CN)cn1. The fourth-order valence-corrected chi connectivity index (χ4v) is 1.59. The smallest absolute Gasteiger partial charge is 0.269 e. The van der Waals surface area contributed by atoms with Crippen molar-refractivity contribution in [2.24, 2.45) is 12.8 Å². The van der Waals surface area contributed by atoms with E-state index in [4.69, 9.17) is 5.73 Å². The maximum Gasteiger partial charge on any atom is 0.269 e. The second kappa shape index (κ2) is 6.05. The minimum Gasteiger partial charge on any atom is -0.350 e. The monoisotopic (exact) mass is 260 g/mol. The zero-order chi connectivity index (χ0) is 13.7. The molecule has 0 radical (unpaired) electrons. The Hall–Kier alpha value is -2.28. The highest BCUT2D eigenvalue weighted by atomic mass is 16.1. The molecule has 3 N–H and O–H groups in total. The van der Waals surface area contributed by atoms with Crippen molar-refractivity contribution in [3.63, 3.8) is 0 Å². The number of hydrogen-bond donors (Lipinski definition) is 2. The van der Waals surface area contributed by atoms with Crippen molar-refractivity contribution in [1.29, 1.82) is 0 Å². The molecule has 0 atom stereocenters. The topological polar surface area (TPSA) is 98.7 Å². The lowest BCUT2D eigenvalue weighted by molar-refractivity contribution is 0.0949. The number of nitrogens with zero attached hydrogens (tertiary/aromatic N) is 4. The van der Waals surface area contributed by atoms with Gasteiger partial charge in [-0.1, -0.05) is 6.07 Å². The van der Waals surface area contributed by atoms with Crippen LogP contribution in [0.1, 0.15) is 21.9 Å². The first-order valence-electron chi connectivity index (χ1n) is 5.97. The molecule has 0 fully saturated rings. The molecule has 7 heteroatoms. The van der Waals surface area contributed by atoms with E-state index in [-0.39, 0.29) is 5.91 Å². The Morgan fingerprint density at radius 1 is 1.47 bits per heavy atom. The van der Waals surface area contributed by atoms with Crippen LogP contribution in [0.2, 0.25) is 0 Å². The van der Waals surface area contributed by atoms with Gasteiger partial charge in [0.05, 0.1) is 0 Å². The van der Waals surface area contributed by atoms with E-state index in [0.29, 0.717) is 25.2 Å². The van der Waals surface area contributed by atoms with Gasteiger partial charge in [0.25, 0.3) is 5.91 Å². The molecule has 2 aromatic rings. The Kier molecular flexibility index (Phi) is 4.19. The highest BCUT2D eigenvalue weighted by Gasteiger charge is 2.07. The largest absolute Gasteiger partial charge is 0.350 e. The maximum atomic E-state index is 11.8. The number of carbonyl (C=O) groups is 1. The fourth-order valence-electron chi connectivity index (χ4n) is 1.59. The average molecular weight is 260 g/mol. The van der Waals surface area contributed by atoms with Gasteiger partial charge in [0.2, 0.25) is 0 Å². The quantitative estimate of drug-likeness (QED) is 0.765. The van der Waals surface area contributed by atoms with E-state index in [1.807, 2.05) is 11.6 Å². The first-order chi connectivity index (χ1) is 9.20. The molecule has 2 aromatic heterocycles. The van der Waals surface area contributed by atoms with E-state index in [2.05, 4.69) is 20.5 Å². The molecule has 0 spiro atoms. The molecule has 0 saturated carbocycles. The number of aromatic nitrogens is 4. The predicted octanol–water partition coefficient (Wildman–Crippen LogP) is -0.359. The van der Waals surface area contributed by atoms with Gasteiger partial charge in [0.1, 0.15) is 17.8 Å². The normalized spacial score (nSPS) is 10.4. The summed E-state index contributed by atoms with van der Waals surface area (Å²) in [6, 6.07) is 3.46. The van der Waals surface area contributed by atoms with Crippen molar-refractivity contribution in [3.05, 3.63) is 41.7 Å². The molecule has 2 rings (SSSR count). The van der Waals surface area contributed by atoms with Crippen molar-refractivity contribution >= 4 is 5.91 Å². The van der Waals surface area contributed by atoms with Crippen LogP contribution in [0.4, 0.5) is 0 Å². The molecular formula is C12H16N6O. The number of pyridine rings is 1. The maximum absolute atomic E-state index is 11.8. The molecule has 1 amide bonds. The average Bonchev–Trinajstić information content (AvgIpc) is 2.84. The Balaban J connectivity index is 1.85. The van der Waals surface area contributed by atoms with Crippen molar-refractivity contribution < 1.29 is 4.79 Å². The van der Waals surface area contributed by atoms with Crippen molar-refractivity contribution in [3.8, 4) is 0 Å². The molecule has 19 heavy (non-hydrogen) atoms. The number of amides is 1. The van der Waals surface area contributed by atoms with E-state index < -0.39 is 0 Å². The number of carbonyl (C=O) groups excluding carboxylic acids is 1. The zero-order valence-electron chi connectivity index (χ0n) is 10.7. The second-order valence-electron chi connectivity index (χ2n) is 4.12. The van der Waals surface area contributed by atoms with Crippen LogP contribution in [-0.2, 0) is 20.0 Å². The summed E-state index contributed by atoms with van der Waals surface area (Å²) in [6.45, 7) is 0.909. The van der Waals surface area contributed by atoms with Crippen molar-refractivity contribution in [1.82, 2.24) is 25.1 Å². The van der Waals surface area contributed by atoms with Gasteiger partial charge in [-0.25, -0.2) is 0 Å². The lowest BCUT2D eigenvalue weighted by atomic mass is 10.2. The van der Waals surface area contributed by atoms with E-state index >= 15 is 0 Å². The summed E-state index contributed by atoms with van der Waals surface area (Å²) >= 11 is 0. The molecule has 0 aliphatic carbocycles. The molecule has 0 unspecified atom stereocenters. The van der Waals surface area contributed by atoms with Crippen LogP contribution in [0.5, 0.6) is 0 Å². The number of nitrogens with one attached hydrogen (secondary N) is 1. The van der Waals surface area contributed by atoms with Gasteiger partial charge in [-0.15, -0.1) is 10.2 Å². The first-order valence-corrected chi connectivity index (χ1v) is 5.97. The van der Waals surface area contributed by atoms with Gasteiger partial charge in [0, 0.05) is 32.8 Å². The molecule has 0 saturated heterocycles. The third kappa shape index (κ3) is 3.35. The van der Waals surface area contributed by atoms with Crippen molar-refractivity contribution in [2.45, 2.75) is 13.0 Å². The summed E-state index contributed by atoms with van der Waals surface area (Å²) < 4.78 is 1.82. The summed E-state index contributed by atoms with van der Waals surface area (Å²) in [5, 5.41) is 10.5. The highest BCUT2D eigenvalue weighted by Crippen LogP contribution is 1.99. The number of hydrogen-bond acceptors (Lipinski definition) is 5. The van der Waals surface area contributed by atoms with E-state index in [9.17, 15) is 4.79 Å². The molecule has 2 heterocycles. The highest BCUT2D eigenvalue weighted by molar-refractivity contribution is 5.92. The Morgan fingerprint density at radius 3 is 2.89 bits per heavy atom. The molecule has 0 aliphatic heterocycles. The van der Waals surface area contributed by atoms with E-state index in [1.54, 1.807) is 24.7 Å². The molecule has 100 valence electrons. The summed E-state index contributed by atoms with van der Waals surface area (Å²) in [5.74, 6) is 0.623. The van der Waals surface area contributed by atoms with Crippen molar-refractivity contribution in [2.75, 3.05) is 6.54 Å². The van der Waals surface area contributed by atoms with Crippen LogP contribution in [0, 0.1) is 0 Å². The number of aryl methyl sites for hydroxylation is 1. The van der Waals surface area contributed by atoms with E-state index in [0.717, 1.165) is 11.4 Å². The minimum atomic E-state index is -0.203. The first kappa shape index (κ1) is 13.2. The van der Waals surface area contributed by atoms with E-state index in [1.165, 1.54) is 0 Å². The molecule has 7 nitrogen and oxygen atoms in total. The summed E-state index contributed by atoms with van der Waals surface area (Å²) in [6.07, 6.45) is 3.87. The number of nitrogens with two attached hydrogens (primary N) is 1. The van der Waals surface area contributed by atoms with Gasteiger partial charge < -0.3 is 15.6 Å². The van der Waals surface area contributed by atoms with Crippen LogP contribution >= 0.6 is 0 Å². The van der Waals surface area contributed by atoms with Crippen LogP contribution in [0.3, 0.4) is 0 Å². The lowest BCUT2D eigenvalue weighted by Gasteiger charge is -2.05. The van der Waals surface area contributed by atoms with Crippen LogP contribution in [0.15, 0.2) is 24.7 Å². The van der Waals surface area contributed by atoms with Crippen LogP contribution < -0.4 is 11.1 Å². The Morgan fingerprint density at radius 2 is 2.32 bits per heavy atom. The van der Waals surface area contributed by atoms with Gasteiger partial charge in [-0.2, -0.15) is 0 Å². The molecule has 0 bridgehead atoms. The van der Waals surface area contributed by atoms with Gasteiger partial charge in [-0.3, -0.25) is 9.78 Å². The summed E-state index contributed by atoms with van der Waals surface area (Å²) in [5.41, 5.74) is 6.75. The zero-order valence-corrected chi connectivity index (χ0v) is 10.7. The molecular weight excluding hydrogens is 244 g/mol. The second-order valence-corrected chi connectivity index (χ2v) is 4.12. The molecule has 0 aromatic carbocycles. The molecule has 0 aliphatic rings. The Bertz CT molecular complexity index is 548. The number of rotatable bonds is 5. The minimum absolute atomic E-state index is 0.203. The Labute approximate surface area is 110 Å². The standard InChI is InChI=1S/C12H16N6O/c1-18-8-16-17-11(18)4-5-14-12(19)10-3-2-9(6-13)7-15-10/h2-3,7-8H,4-6,13H2,1H3,(H,14,19). The fraction of sp³-hybridized carbons (Fsp3) is 0.333. The van der Waals surface area contributed by atoms with Gasteiger partial charge >= 0.3 is 0 Å². The van der Waals surface area contributed by atoms with Gasteiger partial charge in [-0.05, 0) is 11.6 Å². The third-order valence-corrected chi connectivity index (χ3v) is 2.73. The van der Waals surface area contributed by atoms with Gasteiger partial charge in [0.15, 0.2) is 0 Å². The summed E-state index contributed by atoms with van der Waals surface area (Å²) in [4.78, 5) is 15.9. The lowest BCUT2D eigenvalue weighted by Crippen LogP contribution is -2.27. The van der Waals surface area contributed by atoms with Crippen LogP contribution in [0.25, 0.3) is 0 Å². The van der Waals surface area contributed by atoms with Crippen LogP contribution in [-0.4, -0.2) is 32.2 Å². The third-order valence-electron chi connectivity index (χ3n) is 2.73.